The lowest BCUT2D eigenvalue weighted by atomic mass is 9.79. The fourth-order valence-corrected chi connectivity index (χ4v) is 3.64. The number of piperidine rings is 1. The molecular weight excluding hydrogens is 336 g/mol. The van der Waals surface area contributed by atoms with Crippen LogP contribution < -0.4 is 5.32 Å². The Bertz CT molecular complexity index is 568. The standard InChI is InChI=1S/C21H32F2NO2/c1-20(2,3)7-4-8-21(26)9-10-24-18(14-21)19(25)6-5-15-11-16(22)13-17(23)12-15/h6,11-13,18-19,24-26H,4-5,7-10,14H2,1-3H3. The molecule has 1 aromatic rings. The third-order valence-corrected chi connectivity index (χ3v) is 5.10. The summed E-state index contributed by atoms with van der Waals surface area (Å²) in [6.45, 7) is 7.22. The van der Waals surface area contributed by atoms with Gasteiger partial charge in [0.2, 0.25) is 0 Å². The van der Waals surface area contributed by atoms with E-state index in [1.807, 2.05) is 0 Å². The van der Waals surface area contributed by atoms with Gasteiger partial charge in [-0.3, -0.25) is 0 Å². The van der Waals surface area contributed by atoms with Gasteiger partial charge < -0.3 is 15.5 Å². The van der Waals surface area contributed by atoms with Gasteiger partial charge in [0, 0.05) is 12.1 Å². The van der Waals surface area contributed by atoms with Crippen LogP contribution in [0.3, 0.4) is 0 Å². The summed E-state index contributed by atoms with van der Waals surface area (Å²) in [7, 11) is 0. The zero-order chi connectivity index (χ0) is 19.4. The lowest BCUT2D eigenvalue weighted by Crippen LogP contribution is -2.53. The van der Waals surface area contributed by atoms with Gasteiger partial charge in [-0.2, -0.15) is 0 Å². The van der Waals surface area contributed by atoms with E-state index in [2.05, 4.69) is 26.1 Å². The van der Waals surface area contributed by atoms with Crippen molar-refractivity contribution in [2.75, 3.05) is 6.54 Å². The highest BCUT2D eigenvalue weighted by atomic mass is 19.1. The number of rotatable bonds is 7. The molecule has 1 saturated heterocycles. The molecule has 3 nitrogen and oxygen atoms in total. The molecule has 0 saturated carbocycles. The molecule has 1 aliphatic rings. The van der Waals surface area contributed by atoms with Crippen molar-refractivity contribution in [3.63, 3.8) is 0 Å². The van der Waals surface area contributed by atoms with Gasteiger partial charge in [0.05, 0.1) is 11.7 Å². The van der Waals surface area contributed by atoms with E-state index in [4.69, 9.17) is 0 Å². The van der Waals surface area contributed by atoms with Gasteiger partial charge in [-0.1, -0.05) is 27.2 Å². The Kier molecular flexibility index (Phi) is 7.17. The number of benzene rings is 1. The van der Waals surface area contributed by atoms with Crippen molar-refractivity contribution in [3.05, 3.63) is 41.8 Å². The third kappa shape index (κ3) is 6.93. The molecule has 1 aromatic carbocycles. The zero-order valence-corrected chi connectivity index (χ0v) is 16.1. The van der Waals surface area contributed by atoms with Gasteiger partial charge in [0.25, 0.3) is 0 Å². The molecule has 0 spiro atoms. The molecule has 3 N–H and O–H groups in total. The molecule has 3 atom stereocenters. The van der Waals surface area contributed by atoms with Crippen LogP contribution in [-0.2, 0) is 6.42 Å². The number of aliphatic hydroxyl groups excluding tert-OH is 1. The molecule has 3 unspecified atom stereocenters. The smallest absolute Gasteiger partial charge is 0.126 e. The molecule has 1 aliphatic heterocycles. The SMILES string of the molecule is CC(C)(C)CCCC1(O)CCNC(C(O)[CH]Cc2cc(F)cc(F)c2)C1. The first-order valence-electron chi connectivity index (χ1n) is 9.48. The summed E-state index contributed by atoms with van der Waals surface area (Å²) < 4.78 is 26.5. The van der Waals surface area contributed by atoms with Crippen LogP contribution in [0.1, 0.15) is 58.4 Å². The van der Waals surface area contributed by atoms with Crippen LogP contribution in [0.25, 0.3) is 0 Å². The van der Waals surface area contributed by atoms with E-state index in [0.29, 0.717) is 24.9 Å². The van der Waals surface area contributed by atoms with Crippen LogP contribution in [0.4, 0.5) is 8.78 Å². The molecule has 1 heterocycles. The first-order valence-corrected chi connectivity index (χ1v) is 9.48. The largest absolute Gasteiger partial charge is 0.391 e. The minimum absolute atomic E-state index is 0.246. The monoisotopic (exact) mass is 368 g/mol. The van der Waals surface area contributed by atoms with Gasteiger partial charge in [0.15, 0.2) is 0 Å². The summed E-state index contributed by atoms with van der Waals surface area (Å²) in [5.41, 5.74) is -0.0326. The van der Waals surface area contributed by atoms with E-state index in [9.17, 15) is 19.0 Å². The van der Waals surface area contributed by atoms with Crippen LogP contribution in [0.5, 0.6) is 0 Å². The summed E-state index contributed by atoms with van der Waals surface area (Å²) >= 11 is 0. The zero-order valence-electron chi connectivity index (χ0n) is 16.1. The molecule has 5 heteroatoms. The predicted octanol–water partition coefficient (Wildman–Crippen LogP) is 3.77. The normalized spacial score (nSPS) is 25.3. The van der Waals surface area contributed by atoms with Gasteiger partial charge in [-0.15, -0.1) is 0 Å². The number of hydrogen-bond donors (Lipinski definition) is 3. The van der Waals surface area contributed by atoms with E-state index in [1.54, 1.807) is 6.42 Å². The van der Waals surface area contributed by atoms with Crippen LogP contribution in [-0.4, -0.2) is 34.5 Å². The lowest BCUT2D eigenvalue weighted by molar-refractivity contribution is -0.0319. The Labute approximate surface area is 155 Å². The molecule has 1 fully saturated rings. The van der Waals surface area contributed by atoms with Gasteiger partial charge >= 0.3 is 0 Å². The maximum Gasteiger partial charge on any atom is 0.126 e. The summed E-state index contributed by atoms with van der Waals surface area (Å²) in [4.78, 5) is 0. The molecule has 2 rings (SSSR count). The molecule has 147 valence electrons. The molecular formula is C21H32F2NO2. The van der Waals surface area contributed by atoms with Crippen molar-refractivity contribution in [1.82, 2.24) is 5.32 Å². The van der Waals surface area contributed by atoms with Crippen molar-refractivity contribution >= 4 is 0 Å². The van der Waals surface area contributed by atoms with Crippen LogP contribution in [0.15, 0.2) is 18.2 Å². The van der Waals surface area contributed by atoms with Crippen LogP contribution in [0, 0.1) is 23.5 Å². The topological polar surface area (TPSA) is 52.5 Å². The Morgan fingerprint density at radius 3 is 2.54 bits per heavy atom. The Hall–Kier alpha value is -1.04. The third-order valence-electron chi connectivity index (χ3n) is 5.10. The predicted molar refractivity (Wildman–Crippen MR) is 99.6 cm³/mol. The number of halogens is 2. The molecule has 0 aromatic heterocycles. The summed E-state index contributed by atoms with van der Waals surface area (Å²) in [6.07, 6.45) is 5.02. The average Bonchev–Trinajstić information content (AvgIpc) is 2.50. The Balaban J connectivity index is 1.85. The minimum atomic E-state index is -0.782. The summed E-state index contributed by atoms with van der Waals surface area (Å²) in [5, 5.41) is 24.6. The van der Waals surface area contributed by atoms with Gasteiger partial charge in [-0.25, -0.2) is 8.78 Å². The highest BCUT2D eigenvalue weighted by Gasteiger charge is 2.36. The van der Waals surface area contributed by atoms with E-state index in [-0.39, 0.29) is 17.9 Å². The second kappa shape index (κ2) is 8.77. The molecule has 0 bridgehead atoms. The Morgan fingerprint density at radius 1 is 1.27 bits per heavy atom. The molecule has 0 amide bonds. The first-order chi connectivity index (χ1) is 12.1. The number of aliphatic hydroxyl groups is 2. The van der Waals surface area contributed by atoms with Crippen molar-refractivity contribution < 1.29 is 19.0 Å². The summed E-state index contributed by atoms with van der Waals surface area (Å²) in [5.74, 6) is -1.24. The van der Waals surface area contributed by atoms with E-state index < -0.39 is 23.3 Å². The van der Waals surface area contributed by atoms with Gasteiger partial charge in [-0.05, 0) is 68.2 Å². The first kappa shape index (κ1) is 21.3. The second-order valence-corrected chi connectivity index (χ2v) is 8.86. The second-order valence-electron chi connectivity index (χ2n) is 8.86. The van der Waals surface area contributed by atoms with Gasteiger partial charge in [0.1, 0.15) is 11.6 Å². The highest BCUT2D eigenvalue weighted by molar-refractivity contribution is 5.20. The quantitative estimate of drug-likeness (QED) is 0.687. The number of hydrogen-bond acceptors (Lipinski definition) is 3. The lowest BCUT2D eigenvalue weighted by Gasteiger charge is -2.40. The molecule has 1 radical (unpaired) electrons. The van der Waals surface area contributed by atoms with Crippen LogP contribution >= 0.6 is 0 Å². The molecule has 0 aliphatic carbocycles. The van der Waals surface area contributed by atoms with Crippen molar-refractivity contribution in [2.45, 2.75) is 77.0 Å². The molecule has 26 heavy (non-hydrogen) atoms. The van der Waals surface area contributed by atoms with E-state index in [0.717, 1.165) is 25.3 Å². The Morgan fingerprint density at radius 2 is 1.92 bits per heavy atom. The fraction of sp³-hybridized carbons (Fsp3) is 0.667. The average molecular weight is 368 g/mol. The maximum atomic E-state index is 13.2. The summed E-state index contributed by atoms with van der Waals surface area (Å²) in [6, 6.07) is 3.12. The van der Waals surface area contributed by atoms with E-state index >= 15 is 0 Å². The van der Waals surface area contributed by atoms with E-state index in [1.165, 1.54) is 12.1 Å². The van der Waals surface area contributed by atoms with Crippen molar-refractivity contribution in [3.8, 4) is 0 Å². The fourth-order valence-electron chi connectivity index (χ4n) is 3.64. The van der Waals surface area contributed by atoms with Crippen molar-refractivity contribution in [1.29, 1.82) is 0 Å². The minimum Gasteiger partial charge on any atom is -0.391 e. The maximum absolute atomic E-state index is 13.2. The van der Waals surface area contributed by atoms with Crippen molar-refractivity contribution in [2.24, 2.45) is 5.41 Å². The number of nitrogens with one attached hydrogen (secondary N) is 1. The highest BCUT2D eigenvalue weighted by Crippen LogP contribution is 2.31. The van der Waals surface area contributed by atoms with Crippen LogP contribution in [0.2, 0.25) is 0 Å².